The lowest BCUT2D eigenvalue weighted by molar-refractivity contribution is -0.139. The van der Waals surface area contributed by atoms with Crippen LogP contribution in [0.15, 0.2) is 38.4 Å². The first kappa shape index (κ1) is 15.8. The predicted molar refractivity (Wildman–Crippen MR) is 80.1 cm³/mol. The first-order chi connectivity index (χ1) is 10.2. The minimum Gasteiger partial charge on any atom is -0.484 e. The molecule has 8 heteroatoms. The van der Waals surface area contributed by atoms with Gasteiger partial charge in [0.25, 0.3) is 11.1 Å². The fourth-order valence-corrected chi connectivity index (χ4v) is 2.20. The molecule has 0 spiro atoms. The van der Waals surface area contributed by atoms with E-state index in [9.17, 15) is 4.79 Å². The van der Waals surface area contributed by atoms with Crippen molar-refractivity contribution < 1.29 is 18.7 Å². The zero-order chi connectivity index (χ0) is 15.1. The number of aromatic nitrogens is 2. The van der Waals surface area contributed by atoms with Gasteiger partial charge in [-0.3, -0.25) is 4.79 Å². The maximum Gasteiger partial charge on any atom is 0.316 e. The quantitative estimate of drug-likeness (QED) is 0.545. The summed E-state index contributed by atoms with van der Waals surface area (Å²) in [5, 5.41) is 7.99. The van der Waals surface area contributed by atoms with Gasteiger partial charge in [0, 0.05) is 4.47 Å². The van der Waals surface area contributed by atoms with E-state index < -0.39 is 0 Å². The Morgan fingerprint density at radius 2 is 2.10 bits per heavy atom. The van der Waals surface area contributed by atoms with Crippen molar-refractivity contribution in [1.29, 1.82) is 0 Å². The van der Waals surface area contributed by atoms with Gasteiger partial charge in [-0.15, -0.1) is 10.2 Å². The molecule has 112 valence electrons. The molecular weight excluding hydrogens is 360 g/mol. The van der Waals surface area contributed by atoms with E-state index in [-0.39, 0.29) is 18.3 Å². The number of hydrogen-bond donors (Lipinski definition) is 0. The molecule has 2 aromatic rings. The van der Waals surface area contributed by atoms with Crippen LogP contribution in [0.5, 0.6) is 5.75 Å². The lowest BCUT2D eigenvalue weighted by Crippen LogP contribution is -2.06. The summed E-state index contributed by atoms with van der Waals surface area (Å²) in [4.78, 5) is 11.2. The Hall–Kier alpha value is -1.54. The molecule has 2 rings (SSSR count). The Kier molecular flexibility index (Phi) is 6.06. The second-order valence-corrected chi connectivity index (χ2v) is 5.64. The van der Waals surface area contributed by atoms with Gasteiger partial charge < -0.3 is 13.9 Å². The fourth-order valence-electron chi connectivity index (χ4n) is 1.35. The number of hydrogen-bond acceptors (Lipinski definition) is 7. The Bertz CT molecular complexity index is 588. The molecule has 0 saturated heterocycles. The summed E-state index contributed by atoms with van der Waals surface area (Å²) in [6.45, 7) is 2.29. The highest BCUT2D eigenvalue weighted by molar-refractivity contribution is 9.10. The zero-order valence-electron chi connectivity index (χ0n) is 11.2. The number of carbonyl (C=O) groups excluding carboxylic acids is 1. The number of rotatable bonds is 7. The van der Waals surface area contributed by atoms with Gasteiger partial charge in [0.15, 0.2) is 6.61 Å². The number of thioether (sulfide) groups is 1. The van der Waals surface area contributed by atoms with Gasteiger partial charge >= 0.3 is 5.97 Å². The molecule has 1 aromatic carbocycles. The van der Waals surface area contributed by atoms with E-state index in [0.717, 1.165) is 16.2 Å². The summed E-state index contributed by atoms with van der Waals surface area (Å²) in [6, 6.07) is 7.42. The van der Waals surface area contributed by atoms with Crippen molar-refractivity contribution in [1.82, 2.24) is 10.2 Å². The Morgan fingerprint density at radius 1 is 1.33 bits per heavy atom. The highest BCUT2D eigenvalue weighted by Gasteiger charge is 2.10. The van der Waals surface area contributed by atoms with Gasteiger partial charge in [0.2, 0.25) is 0 Å². The molecule has 0 bridgehead atoms. The highest BCUT2D eigenvalue weighted by atomic mass is 79.9. The van der Waals surface area contributed by atoms with E-state index in [1.807, 2.05) is 24.3 Å². The fraction of sp³-hybridized carbons (Fsp3) is 0.308. The number of carbonyl (C=O) groups is 1. The van der Waals surface area contributed by atoms with Crippen LogP contribution in [0, 0.1) is 0 Å². The summed E-state index contributed by atoms with van der Waals surface area (Å²) in [6.07, 6.45) is 0. The number of benzene rings is 1. The molecule has 0 unspecified atom stereocenters. The normalized spacial score (nSPS) is 10.4. The standard InChI is InChI=1S/C13H13BrN2O4S/c1-2-18-12(17)8-21-13-16-15-11(20-13)7-19-10-5-3-9(14)4-6-10/h3-6H,2,7-8H2,1H3. The van der Waals surface area contributed by atoms with Crippen molar-refractivity contribution in [2.75, 3.05) is 12.4 Å². The summed E-state index contributed by atoms with van der Waals surface area (Å²) in [5.41, 5.74) is 0. The first-order valence-electron chi connectivity index (χ1n) is 6.16. The Morgan fingerprint density at radius 3 is 2.81 bits per heavy atom. The van der Waals surface area contributed by atoms with Crippen molar-refractivity contribution in [3.8, 4) is 5.75 Å². The van der Waals surface area contributed by atoms with Crippen LogP contribution in [0.25, 0.3) is 0 Å². The number of nitrogens with zero attached hydrogens (tertiary/aromatic N) is 2. The van der Waals surface area contributed by atoms with Gasteiger partial charge in [-0.1, -0.05) is 27.7 Å². The van der Waals surface area contributed by atoms with E-state index in [0.29, 0.717) is 23.5 Å². The molecule has 0 radical (unpaired) electrons. The van der Waals surface area contributed by atoms with Crippen LogP contribution in [-0.4, -0.2) is 28.5 Å². The van der Waals surface area contributed by atoms with E-state index in [1.165, 1.54) is 0 Å². The van der Waals surface area contributed by atoms with E-state index in [4.69, 9.17) is 13.9 Å². The van der Waals surface area contributed by atoms with Crippen molar-refractivity contribution in [3.63, 3.8) is 0 Å². The second-order valence-electron chi connectivity index (χ2n) is 3.80. The monoisotopic (exact) mass is 372 g/mol. The van der Waals surface area contributed by atoms with Crippen LogP contribution < -0.4 is 4.74 Å². The van der Waals surface area contributed by atoms with Gasteiger partial charge in [0.1, 0.15) is 11.5 Å². The average Bonchev–Trinajstić information content (AvgIpc) is 2.93. The summed E-state index contributed by atoms with van der Waals surface area (Å²) >= 11 is 4.48. The minimum atomic E-state index is -0.312. The van der Waals surface area contributed by atoms with Crippen molar-refractivity contribution in [2.45, 2.75) is 18.8 Å². The highest BCUT2D eigenvalue weighted by Crippen LogP contribution is 2.19. The predicted octanol–water partition coefficient (Wildman–Crippen LogP) is 3.07. The Labute approximate surface area is 134 Å². The summed E-state index contributed by atoms with van der Waals surface area (Å²) in [5.74, 6) is 0.887. The van der Waals surface area contributed by atoms with Gasteiger partial charge in [0.05, 0.1) is 6.61 Å². The third kappa shape index (κ3) is 5.39. The number of ether oxygens (including phenoxy) is 2. The molecule has 1 heterocycles. The van der Waals surface area contributed by atoms with E-state index in [1.54, 1.807) is 6.92 Å². The van der Waals surface area contributed by atoms with Gasteiger partial charge in [-0.2, -0.15) is 0 Å². The molecular formula is C13H13BrN2O4S. The van der Waals surface area contributed by atoms with E-state index >= 15 is 0 Å². The molecule has 21 heavy (non-hydrogen) atoms. The molecule has 0 aliphatic heterocycles. The minimum absolute atomic E-state index is 0.142. The third-order valence-electron chi connectivity index (χ3n) is 2.24. The van der Waals surface area contributed by atoms with Crippen molar-refractivity contribution in [3.05, 3.63) is 34.6 Å². The zero-order valence-corrected chi connectivity index (χ0v) is 13.6. The molecule has 0 aliphatic rings. The maximum atomic E-state index is 11.2. The van der Waals surface area contributed by atoms with Crippen LogP contribution in [0.1, 0.15) is 12.8 Å². The Balaban J connectivity index is 1.80. The van der Waals surface area contributed by atoms with Crippen LogP contribution in [0.4, 0.5) is 0 Å². The average molecular weight is 373 g/mol. The molecule has 0 amide bonds. The number of esters is 1. The summed E-state index contributed by atoms with van der Waals surface area (Å²) in [7, 11) is 0. The van der Waals surface area contributed by atoms with Crippen LogP contribution in [-0.2, 0) is 16.1 Å². The second kappa shape index (κ2) is 8.04. The molecule has 0 atom stereocenters. The van der Waals surface area contributed by atoms with Crippen molar-refractivity contribution >= 4 is 33.7 Å². The lowest BCUT2D eigenvalue weighted by Gasteiger charge is -2.02. The first-order valence-corrected chi connectivity index (χ1v) is 7.94. The third-order valence-corrected chi connectivity index (χ3v) is 3.56. The lowest BCUT2D eigenvalue weighted by atomic mass is 10.3. The smallest absolute Gasteiger partial charge is 0.316 e. The van der Waals surface area contributed by atoms with E-state index in [2.05, 4.69) is 26.1 Å². The van der Waals surface area contributed by atoms with Crippen molar-refractivity contribution in [2.24, 2.45) is 0 Å². The molecule has 0 fully saturated rings. The SMILES string of the molecule is CCOC(=O)CSc1nnc(COc2ccc(Br)cc2)o1. The topological polar surface area (TPSA) is 74.5 Å². The molecule has 0 aliphatic carbocycles. The van der Waals surface area contributed by atoms with Crippen LogP contribution in [0.2, 0.25) is 0 Å². The number of halogens is 1. The van der Waals surface area contributed by atoms with Gasteiger partial charge in [-0.05, 0) is 31.2 Å². The van der Waals surface area contributed by atoms with Crippen LogP contribution in [0.3, 0.4) is 0 Å². The largest absolute Gasteiger partial charge is 0.484 e. The maximum absolute atomic E-state index is 11.2. The molecule has 1 aromatic heterocycles. The molecule has 0 saturated carbocycles. The summed E-state index contributed by atoms with van der Waals surface area (Å²) < 4.78 is 16.6. The van der Waals surface area contributed by atoms with Gasteiger partial charge in [-0.25, -0.2) is 0 Å². The molecule has 6 nitrogen and oxygen atoms in total. The van der Waals surface area contributed by atoms with Crippen LogP contribution >= 0.6 is 27.7 Å². The molecule has 0 N–H and O–H groups in total.